The van der Waals surface area contributed by atoms with Gasteiger partial charge in [-0.25, -0.2) is 4.98 Å². The third-order valence-corrected chi connectivity index (χ3v) is 4.86. The van der Waals surface area contributed by atoms with Gasteiger partial charge in [-0.2, -0.15) is 0 Å². The molecule has 0 saturated carbocycles. The summed E-state index contributed by atoms with van der Waals surface area (Å²) in [6.07, 6.45) is 4.87. The number of hydrogen-bond acceptors (Lipinski definition) is 4. The molecule has 4 nitrogen and oxygen atoms in total. The highest BCUT2D eigenvalue weighted by Crippen LogP contribution is 2.37. The van der Waals surface area contributed by atoms with Crippen molar-refractivity contribution in [1.82, 2.24) is 9.88 Å². The monoisotopic (exact) mass is 276 g/mol. The van der Waals surface area contributed by atoms with Crippen LogP contribution in [0.3, 0.4) is 0 Å². The summed E-state index contributed by atoms with van der Waals surface area (Å²) in [4.78, 5) is 7.16. The Morgan fingerprint density at radius 1 is 1.40 bits per heavy atom. The lowest BCUT2D eigenvalue weighted by molar-refractivity contribution is 0.0199. The third-order valence-electron chi connectivity index (χ3n) is 4.86. The maximum atomic E-state index is 9.72. The number of fused-ring (bicyclic) bond motifs is 1. The van der Waals surface area contributed by atoms with Crippen LogP contribution < -0.4 is 4.74 Å². The Balaban J connectivity index is 1.79. The number of aliphatic hydroxyl groups excluding tert-OH is 1. The van der Waals surface area contributed by atoms with Gasteiger partial charge in [-0.1, -0.05) is 12.5 Å². The first-order valence-electron chi connectivity index (χ1n) is 7.67. The molecule has 2 saturated heterocycles. The quantitative estimate of drug-likeness (QED) is 0.917. The molecule has 1 N–H and O–H groups in total. The van der Waals surface area contributed by atoms with Gasteiger partial charge in [-0.05, 0) is 37.8 Å². The van der Waals surface area contributed by atoms with Crippen molar-refractivity contribution in [2.75, 3.05) is 26.8 Å². The molecule has 3 rings (SSSR count). The molecule has 0 radical (unpaired) electrons. The Hall–Kier alpha value is -1.13. The average molecular weight is 276 g/mol. The Morgan fingerprint density at radius 3 is 3.10 bits per heavy atom. The van der Waals surface area contributed by atoms with Gasteiger partial charge in [0, 0.05) is 36.9 Å². The molecule has 0 amide bonds. The number of nitrogens with zero attached hydrogens (tertiary/aromatic N) is 2. The molecule has 0 bridgehead atoms. The summed E-state index contributed by atoms with van der Waals surface area (Å²) >= 11 is 0. The molecule has 3 heterocycles. The smallest absolute Gasteiger partial charge is 0.213 e. The van der Waals surface area contributed by atoms with Gasteiger partial charge in [0.15, 0.2) is 0 Å². The number of methoxy groups -OCH3 is 1. The van der Waals surface area contributed by atoms with Gasteiger partial charge in [0.25, 0.3) is 0 Å². The maximum absolute atomic E-state index is 9.72. The SMILES string of the molecule is COc1cccc(C2CC(CO)C3CCCCN3C2)n1. The van der Waals surface area contributed by atoms with Crippen molar-refractivity contribution >= 4 is 0 Å². The van der Waals surface area contributed by atoms with Gasteiger partial charge >= 0.3 is 0 Å². The van der Waals surface area contributed by atoms with Gasteiger partial charge < -0.3 is 9.84 Å². The molecule has 3 atom stereocenters. The van der Waals surface area contributed by atoms with Crippen LogP contribution in [0, 0.1) is 5.92 Å². The minimum absolute atomic E-state index is 0.293. The highest BCUT2D eigenvalue weighted by atomic mass is 16.5. The van der Waals surface area contributed by atoms with Gasteiger partial charge in [0.05, 0.1) is 7.11 Å². The summed E-state index contributed by atoms with van der Waals surface area (Å²) in [5, 5.41) is 9.72. The first-order chi connectivity index (χ1) is 9.81. The van der Waals surface area contributed by atoms with Crippen molar-refractivity contribution in [2.45, 2.75) is 37.6 Å². The Kier molecular flexibility index (Phi) is 4.22. The van der Waals surface area contributed by atoms with Crippen LogP contribution in [0.5, 0.6) is 5.88 Å². The zero-order chi connectivity index (χ0) is 13.9. The second-order valence-electron chi connectivity index (χ2n) is 6.04. The number of aromatic nitrogens is 1. The summed E-state index contributed by atoms with van der Waals surface area (Å²) in [5.41, 5.74) is 1.10. The molecule has 3 unspecified atom stereocenters. The van der Waals surface area contributed by atoms with Gasteiger partial charge in [-0.15, -0.1) is 0 Å². The van der Waals surface area contributed by atoms with Crippen LogP contribution in [0.15, 0.2) is 18.2 Å². The number of hydrogen-bond donors (Lipinski definition) is 1. The van der Waals surface area contributed by atoms with Crippen LogP contribution in [0.2, 0.25) is 0 Å². The molecule has 0 aliphatic carbocycles. The Labute approximate surface area is 120 Å². The van der Waals surface area contributed by atoms with Gasteiger partial charge in [0.2, 0.25) is 5.88 Å². The number of aliphatic hydroxyl groups is 1. The Morgan fingerprint density at radius 2 is 2.30 bits per heavy atom. The molecule has 0 spiro atoms. The lowest BCUT2D eigenvalue weighted by atomic mass is 9.78. The number of rotatable bonds is 3. The normalized spacial score (nSPS) is 30.8. The number of piperidine rings is 2. The van der Waals surface area contributed by atoms with E-state index in [1.54, 1.807) is 7.11 Å². The molecule has 20 heavy (non-hydrogen) atoms. The second-order valence-corrected chi connectivity index (χ2v) is 6.04. The molecule has 2 aliphatic heterocycles. The van der Waals surface area contributed by atoms with E-state index in [4.69, 9.17) is 4.74 Å². The fourth-order valence-electron chi connectivity index (χ4n) is 3.84. The summed E-state index contributed by atoms with van der Waals surface area (Å²) in [6.45, 7) is 2.53. The highest BCUT2D eigenvalue weighted by Gasteiger charge is 2.37. The van der Waals surface area contributed by atoms with Crippen molar-refractivity contribution in [3.63, 3.8) is 0 Å². The summed E-state index contributed by atoms with van der Waals surface area (Å²) in [7, 11) is 1.66. The molecule has 0 aromatic carbocycles. The van der Waals surface area contributed by atoms with Crippen LogP contribution >= 0.6 is 0 Å². The van der Waals surface area contributed by atoms with Crippen LogP contribution in [0.1, 0.15) is 37.3 Å². The molecule has 1 aromatic rings. The number of ether oxygens (including phenoxy) is 1. The van der Waals surface area contributed by atoms with E-state index >= 15 is 0 Å². The second kappa shape index (κ2) is 6.10. The average Bonchev–Trinajstić information content (AvgIpc) is 2.53. The van der Waals surface area contributed by atoms with E-state index in [2.05, 4.69) is 16.0 Å². The molecule has 1 aromatic heterocycles. The van der Waals surface area contributed by atoms with Crippen molar-refractivity contribution in [3.05, 3.63) is 23.9 Å². The minimum atomic E-state index is 0.293. The summed E-state index contributed by atoms with van der Waals surface area (Å²) < 4.78 is 5.23. The van der Waals surface area contributed by atoms with Crippen molar-refractivity contribution < 1.29 is 9.84 Å². The third kappa shape index (κ3) is 2.67. The van der Waals surface area contributed by atoms with E-state index in [1.165, 1.54) is 25.8 Å². The number of pyridine rings is 1. The van der Waals surface area contributed by atoms with Crippen LogP contribution in [-0.4, -0.2) is 47.8 Å². The Bertz CT molecular complexity index is 444. The van der Waals surface area contributed by atoms with E-state index < -0.39 is 0 Å². The van der Waals surface area contributed by atoms with Crippen molar-refractivity contribution in [1.29, 1.82) is 0 Å². The molecule has 2 aliphatic rings. The lowest BCUT2D eigenvalue weighted by Gasteiger charge is -2.46. The van der Waals surface area contributed by atoms with E-state index in [0.717, 1.165) is 18.7 Å². The lowest BCUT2D eigenvalue weighted by Crippen LogP contribution is -2.51. The molecule has 2 fully saturated rings. The van der Waals surface area contributed by atoms with Crippen molar-refractivity contribution in [2.24, 2.45) is 5.92 Å². The van der Waals surface area contributed by atoms with E-state index in [1.807, 2.05) is 12.1 Å². The standard InChI is InChI=1S/C16H24N2O2/c1-20-16-7-4-5-14(17-16)12-9-13(11-19)15-6-2-3-8-18(15)10-12/h4-5,7,12-13,15,19H,2-3,6,8-11H2,1H3. The van der Waals surface area contributed by atoms with Crippen LogP contribution in [-0.2, 0) is 0 Å². The summed E-state index contributed by atoms with van der Waals surface area (Å²) in [5.74, 6) is 1.49. The van der Waals surface area contributed by atoms with Crippen molar-refractivity contribution in [3.8, 4) is 5.88 Å². The summed E-state index contributed by atoms with van der Waals surface area (Å²) in [6, 6.07) is 6.57. The highest BCUT2D eigenvalue weighted by molar-refractivity contribution is 5.20. The van der Waals surface area contributed by atoms with E-state index in [0.29, 0.717) is 30.4 Å². The molecular formula is C16H24N2O2. The van der Waals surface area contributed by atoms with E-state index in [-0.39, 0.29) is 0 Å². The molecule has 110 valence electrons. The van der Waals surface area contributed by atoms with Crippen LogP contribution in [0.25, 0.3) is 0 Å². The molecule has 4 heteroatoms. The predicted octanol–water partition coefficient (Wildman–Crippen LogP) is 2.04. The van der Waals surface area contributed by atoms with Gasteiger partial charge in [0.1, 0.15) is 0 Å². The zero-order valence-corrected chi connectivity index (χ0v) is 12.2. The maximum Gasteiger partial charge on any atom is 0.213 e. The zero-order valence-electron chi connectivity index (χ0n) is 12.2. The van der Waals surface area contributed by atoms with Crippen LogP contribution in [0.4, 0.5) is 0 Å². The van der Waals surface area contributed by atoms with E-state index in [9.17, 15) is 5.11 Å². The minimum Gasteiger partial charge on any atom is -0.481 e. The van der Waals surface area contributed by atoms with Gasteiger partial charge in [-0.3, -0.25) is 4.90 Å². The molecular weight excluding hydrogens is 252 g/mol. The fourth-order valence-corrected chi connectivity index (χ4v) is 3.84. The fraction of sp³-hybridized carbons (Fsp3) is 0.688. The first kappa shape index (κ1) is 13.8. The predicted molar refractivity (Wildman–Crippen MR) is 77.9 cm³/mol. The topological polar surface area (TPSA) is 45.6 Å². The first-order valence-corrected chi connectivity index (χ1v) is 7.67. The largest absolute Gasteiger partial charge is 0.481 e.